The Kier molecular flexibility index (Phi) is 10.4. The molecular weight excluding hydrogens is 796 g/mol. The molecule has 1 heterocycles. The van der Waals surface area contributed by atoms with Gasteiger partial charge in [-0.2, -0.15) is 0 Å². The van der Waals surface area contributed by atoms with Crippen LogP contribution in [0.5, 0.6) is 0 Å². The fourth-order valence-electron chi connectivity index (χ4n) is 10.5. The SMILES string of the molecule is Cc1ccc(-c2ccc(B(c3ccc(-c4cccc5c4oc4ccccc45)cc3)c3ccc4c(c3)C(C)(C)c3ccccc3-4)cc2)cc1-c1c(C)ccc2ccccc12.Cc1ccccc1. The van der Waals surface area contributed by atoms with E-state index in [2.05, 4.69) is 229 Å². The molecule has 0 N–H and O–H groups in total. The van der Waals surface area contributed by atoms with Gasteiger partial charge in [-0.05, 0) is 105 Å². The van der Waals surface area contributed by atoms with Crippen LogP contribution in [0, 0.1) is 20.8 Å². The first-order chi connectivity index (χ1) is 32.2. The highest BCUT2D eigenvalue weighted by Crippen LogP contribution is 2.48. The third kappa shape index (κ3) is 7.24. The predicted molar refractivity (Wildman–Crippen MR) is 283 cm³/mol. The van der Waals surface area contributed by atoms with E-state index in [4.69, 9.17) is 4.42 Å². The van der Waals surface area contributed by atoms with Crippen molar-refractivity contribution >= 4 is 55.8 Å². The molecule has 66 heavy (non-hydrogen) atoms. The Morgan fingerprint density at radius 1 is 0.379 bits per heavy atom. The second-order valence-electron chi connectivity index (χ2n) is 18.6. The lowest BCUT2D eigenvalue weighted by atomic mass is 9.36. The largest absolute Gasteiger partial charge is 0.455 e. The van der Waals surface area contributed by atoms with E-state index in [1.807, 2.05) is 24.3 Å². The maximum absolute atomic E-state index is 6.45. The molecule has 1 aromatic heterocycles. The summed E-state index contributed by atoms with van der Waals surface area (Å²) in [5, 5.41) is 4.87. The van der Waals surface area contributed by atoms with Crippen LogP contribution in [0.15, 0.2) is 223 Å². The number of furan rings is 1. The number of hydrogen-bond acceptors (Lipinski definition) is 1. The summed E-state index contributed by atoms with van der Waals surface area (Å²) in [7, 11) is 0. The molecule has 0 amide bonds. The zero-order chi connectivity index (χ0) is 44.9. The quantitative estimate of drug-likeness (QED) is 0.152. The maximum atomic E-state index is 6.45. The molecule has 12 rings (SSSR count). The molecule has 1 aliphatic rings. The van der Waals surface area contributed by atoms with E-state index in [1.165, 1.54) is 88.4 Å². The standard InChI is InChI=1S/C57H43BO.C7H8/c1-36-20-23-41(34-51(36)55-37(2)21-22-39-12-5-6-13-45(39)55)38-24-28-42(29-25-38)58(44-32-33-48-47-14-7-9-18-52(47)57(3,4)53(48)35-44)43-30-26-40(27-31-43)46-16-11-17-50-49-15-8-10-19-54(49)59-56(46)50;1-7-5-3-2-4-6-7/h5-35H,1-4H3;2-6H,1H3. The number of benzene rings is 10. The summed E-state index contributed by atoms with van der Waals surface area (Å²) >= 11 is 0. The molecule has 316 valence electrons. The topological polar surface area (TPSA) is 13.1 Å². The second-order valence-corrected chi connectivity index (χ2v) is 18.6. The highest BCUT2D eigenvalue weighted by molar-refractivity contribution is 6.95. The van der Waals surface area contributed by atoms with E-state index in [0.29, 0.717) is 0 Å². The average molecular weight is 847 g/mol. The first kappa shape index (κ1) is 41.1. The van der Waals surface area contributed by atoms with Crippen LogP contribution in [0.4, 0.5) is 0 Å². The van der Waals surface area contributed by atoms with Crippen molar-refractivity contribution in [3.05, 3.63) is 246 Å². The van der Waals surface area contributed by atoms with Crippen LogP contribution >= 0.6 is 0 Å². The number of hydrogen-bond donors (Lipinski definition) is 0. The Balaban J connectivity index is 0.000000632. The lowest BCUT2D eigenvalue weighted by Gasteiger charge is -2.23. The minimum atomic E-state index is -0.0863. The first-order valence-electron chi connectivity index (χ1n) is 23.2. The summed E-state index contributed by atoms with van der Waals surface area (Å²) in [6.45, 7) is 11.3. The molecule has 1 nitrogen and oxygen atoms in total. The van der Waals surface area contributed by atoms with Crippen molar-refractivity contribution in [2.45, 2.75) is 40.0 Å². The van der Waals surface area contributed by atoms with Gasteiger partial charge in [-0.15, -0.1) is 0 Å². The Morgan fingerprint density at radius 2 is 0.970 bits per heavy atom. The zero-order valence-electron chi connectivity index (χ0n) is 38.3. The lowest BCUT2D eigenvalue weighted by Crippen LogP contribution is -2.52. The summed E-state index contributed by atoms with van der Waals surface area (Å²) in [6, 6.07) is 79.8. The van der Waals surface area contributed by atoms with Crippen LogP contribution in [0.25, 0.3) is 77.2 Å². The van der Waals surface area contributed by atoms with Crippen molar-refractivity contribution in [2.75, 3.05) is 0 Å². The molecule has 0 radical (unpaired) electrons. The van der Waals surface area contributed by atoms with Gasteiger partial charge in [0.05, 0.1) is 0 Å². The van der Waals surface area contributed by atoms with Crippen LogP contribution in [0.1, 0.15) is 41.7 Å². The van der Waals surface area contributed by atoms with Crippen LogP contribution in [0.3, 0.4) is 0 Å². The van der Waals surface area contributed by atoms with Crippen LogP contribution in [-0.2, 0) is 5.41 Å². The van der Waals surface area contributed by atoms with E-state index in [-0.39, 0.29) is 12.1 Å². The summed E-state index contributed by atoms with van der Waals surface area (Å²) in [6.07, 6.45) is 0. The van der Waals surface area contributed by atoms with E-state index in [0.717, 1.165) is 33.1 Å². The smallest absolute Gasteiger partial charge is 0.241 e. The van der Waals surface area contributed by atoms with E-state index in [1.54, 1.807) is 0 Å². The first-order valence-corrected chi connectivity index (χ1v) is 23.2. The number of aryl methyl sites for hydroxylation is 3. The number of fused-ring (bicyclic) bond motifs is 7. The summed E-state index contributed by atoms with van der Waals surface area (Å²) < 4.78 is 6.45. The molecule has 0 saturated carbocycles. The predicted octanol–water partition coefficient (Wildman–Crippen LogP) is 15.2. The third-order valence-corrected chi connectivity index (χ3v) is 14.1. The molecule has 11 aromatic rings. The van der Waals surface area contributed by atoms with Crippen molar-refractivity contribution in [3.63, 3.8) is 0 Å². The third-order valence-electron chi connectivity index (χ3n) is 14.1. The summed E-state index contributed by atoms with van der Waals surface area (Å²) in [4.78, 5) is 0. The van der Waals surface area contributed by atoms with Crippen molar-refractivity contribution < 1.29 is 4.42 Å². The van der Waals surface area contributed by atoms with Gasteiger partial charge < -0.3 is 4.42 Å². The van der Waals surface area contributed by atoms with Crippen LogP contribution < -0.4 is 16.4 Å². The van der Waals surface area contributed by atoms with Gasteiger partial charge in [0.2, 0.25) is 6.71 Å². The van der Waals surface area contributed by atoms with Crippen LogP contribution in [0.2, 0.25) is 0 Å². The van der Waals surface area contributed by atoms with Crippen molar-refractivity contribution in [1.29, 1.82) is 0 Å². The Hall–Kier alpha value is -7.68. The van der Waals surface area contributed by atoms with Gasteiger partial charge in [0, 0.05) is 21.8 Å². The van der Waals surface area contributed by atoms with Crippen LogP contribution in [-0.4, -0.2) is 6.71 Å². The molecule has 0 bridgehead atoms. The van der Waals surface area contributed by atoms with Gasteiger partial charge in [-0.1, -0.05) is 242 Å². The Bertz CT molecular complexity index is 3580. The molecule has 0 saturated heterocycles. The molecule has 0 spiro atoms. The van der Waals surface area contributed by atoms with Crippen molar-refractivity contribution in [3.8, 4) is 44.5 Å². The molecule has 10 aromatic carbocycles. The molecular formula is C64H51BO. The van der Waals surface area contributed by atoms with Gasteiger partial charge in [0.25, 0.3) is 0 Å². The fourth-order valence-corrected chi connectivity index (χ4v) is 10.5. The maximum Gasteiger partial charge on any atom is 0.241 e. The fraction of sp³-hybridized carbons (Fsp3) is 0.0938. The van der Waals surface area contributed by atoms with E-state index in [9.17, 15) is 0 Å². The molecule has 0 aliphatic heterocycles. The van der Waals surface area contributed by atoms with E-state index >= 15 is 0 Å². The lowest BCUT2D eigenvalue weighted by molar-refractivity contribution is 0.661. The normalized spacial score (nSPS) is 12.4. The Labute approximate surface area is 389 Å². The zero-order valence-corrected chi connectivity index (χ0v) is 38.3. The van der Waals surface area contributed by atoms with Gasteiger partial charge in [-0.25, -0.2) is 0 Å². The molecule has 0 fully saturated rings. The average Bonchev–Trinajstić information content (AvgIpc) is 3.85. The second kappa shape index (κ2) is 16.7. The van der Waals surface area contributed by atoms with Gasteiger partial charge in [0.1, 0.15) is 11.2 Å². The van der Waals surface area contributed by atoms with Gasteiger partial charge in [-0.3, -0.25) is 0 Å². The molecule has 2 heteroatoms. The molecule has 0 unspecified atom stereocenters. The molecule has 1 aliphatic carbocycles. The minimum absolute atomic E-state index is 0.0387. The van der Waals surface area contributed by atoms with Gasteiger partial charge >= 0.3 is 0 Å². The Morgan fingerprint density at radius 3 is 1.73 bits per heavy atom. The monoisotopic (exact) mass is 846 g/mol. The number of rotatable bonds is 6. The highest BCUT2D eigenvalue weighted by Gasteiger charge is 2.36. The number of para-hydroxylation sites is 2. The minimum Gasteiger partial charge on any atom is -0.455 e. The van der Waals surface area contributed by atoms with Crippen molar-refractivity contribution in [2.24, 2.45) is 0 Å². The summed E-state index contributed by atoms with van der Waals surface area (Å²) in [5.41, 5.74) is 22.3. The van der Waals surface area contributed by atoms with Crippen molar-refractivity contribution in [1.82, 2.24) is 0 Å². The molecule has 0 atom stereocenters. The summed E-state index contributed by atoms with van der Waals surface area (Å²) in [5.74, 6) is 0. The van der Waals surface area contributed by atoms with E-state index < -0.39 is 0 Å². The highest BCUT2D eigenvalue weighted by atomic mass is 16.3. The van der Waals surface area contributed by atoms with Gasteiger partial charge in [0.15, 0.2) is 0 Å².